The Balaban J connectivity index is 2.26. The molecule has 2 aromatic heterocycles. The quantitative estimate of drug-likeness (QED) is 0.386. The van der Waals surface area contributed by atoms with E-state index in [1.165, 1.54) is 23.6 Å². The highest BCUT2D eigenvalue weighted by atomic mass is 32.2. The molecule has 0 radical (unpaired) electrons. The van der Waals surface area contributed by atoms with Gasteiger partial charge in [0, 0.05) is 27.7 Å². The lowest BCUT2D eigenvalue weighted by molar-refractivity contribution is -0.0500. The van der Waals surface area contributed by atoms with Crippen molar-refractivity contribution in [2.45, 2.75) is 5.51 Å². The van der Waals surface area contributed by atoms with Crippen LogP contribution in [-0.4, -0.2) is 32.0 Å². The highest BCUT2D eigenvalue weighted by Gasteiger charge is 2.49. The van der Waals surface area contributed by atoms with Crippen LogP contribution in [0.15, 0.2) is 29.8 Å². The molecular formula is C14H8F3NO5S2. The van der Waals surface area contributed by atoms with Crippen molar-refractivity contribution >= 4 is 48.4 Å². The van der Waals surface area contributed by atoms with Crippen molar-refractivity contribution in [1.29, 1.82) is 0 Å². The van der Waals surface area contributed by atoms with E-state index in [-0.39, 0.29) is 5.52 Å². The Bertz CT molecular complexity index is 1090. The van der Waals surface area contributed by atoms with Crippen LogP contribution in [0.5, 0.6) is 5.75 Å². The van der Waals surface area contributed by atoms with Crippen molar-refractivity contribution in [1.82, 2.24) is 4.98 Å². The molecule has 0 unspecified atom stereocenters. The molecule has 0 atom stereocenters. The normalized spacial score (nSPS) is 12.5. The predicted molar refractivity (Wildman–Crippen MR) is 84.1 cm³/mol. The Hall–Kier alpha value is -2.40. The molecule has 3 aromatic rings. The molecule has 0 N–H and O–H groups in total. The minimum absolute atomic E-state index is 0.176. The molecule has 0 bridgehead atoms. The van der Waals surface area contributed by atoms with Gasteiger partial charge in [-0.15, -0.1) is 11.3 Å². The second-order valence-electron chi connectivity index (χ2n) is 4.80. The molecule has 0 aliphatic heterocycles. The summed E-state index contributed by atoms with van der Waals surface area (Å²) in [7, 11) is -4.94. The van der Waals surface area contributed by atoms with Crippen LogP contribution in [-0.2, 0) is 14.9 Å². The van der Waals surface area contributed by atoms with Crippen molar-refractivity contribution in [2.24, 2.45) is 0 Å². The summed E-state index contributed by atoms with van der Waals surface area (Å²) >= 11 is 1.34. The number of ether oxygens (including phenoxy) is 1. The maximum Gasteiger partial charge on any atom is 0.534 e. The largest absolute Gasteiger partial charge is 0.534 e. The minimum Gasteiger partial charge on any atom is -0.465 e. The van der Waals surface area contributed by atoms with Crippen molar-refractivity contribution in [3.8, 4) is 5.75 Å². The van der Waals surface area contributed by atoms with Gasteiger partial charge in [-0.1, -0.05) is 0 Å². The third-order valence-corrected chi connectivity index (χ3v) is 5.20. The first kappa shape index (κ1) is 17.4. The highest BCUT2D eigenvalue weighted by molar-refractivity contribution is 7.88. The summed E-state index contributed by atoms with van der Waals surface area (Å²) in [4.78, 5) is 16.0. The van der Waals surface area contributed by atoms with Gasteiger partial charge in [-0.3, -0.25) is 4.98 Å². The smallest absolute Gasteiger partial charge is 0.465 e. The number of nitrogens with zero attached hydrogens (tertiary/aromatic N) is 1. The molecule has 2 heterocycles. The molecule has 132 valence electrons. The van der Waals surface area contributed by atoms with Gasteiger partial charge in [-0.25, -0.2) is 4.79 Å². The lowest BCUT2D eigenvalue weighted by Gasteiger charge is -2.13. The minimum atomic E-state index is -5.95. The van der Waals surface area contributed by atoms with Crippen LogP contribution in [0.3, 0.4) is 0 Å². The summed E-state index contributed by atoms with van der Waals surface area (Å²) < 4.78 is 69.6. The maximum absolute atomic E-state index is 12.6. The number of methoxy groups -OCH3 is 1. The van der Waals surface area contributed by atoms with Gasteiger partial charge in [-0.2, -0.15) is 21.6 Å². The molecule has 0 aliphatic carbocycles. The van der Waals surface area contributed by atoms with Crippen LogP contribution in [0.2, 0.25) is 0 Å². The average Bonchev–Trinajstić information content (AvgIpc) is 3.01. The van der Waals surface area contributed by atoms with Gasteiger partial charge in [0.2, 0.25) is 0 Å². The first-order valence-electron chi connectivity index (χ1n) is 6.53. The van der Waals surface area contributed by atoms with Crippen LogP contribution in [0.4, 0.5) is 13.2 Å². The van der Waals surface area contributed by atoms with Gasteiger partial charge in [0.15, 0.2) is 5.75 Å². The summed E-state index contributed by atoms with van der Waals surface area (Å²) in [5.74, 6) is -1.84. The molecule has 0 fully saturated rings. The Labute approximate surface area is 142 Å². The Morgan fingerprint density at radius 1 is 1.28 bits per heavy atom. The summed E-state index contributed by atoms with van der Waals surface area (Å²) in [6.45, 7) is 0. The Kier molecular flexibility index (Phi) is 4.07. The van der Waals surface area contributed by atoms with E-state index in [9.17, 15) is 26.4 Å². The lowest BCUT2D eigenvalue weighted by Crippen LogP contribution is -2.28. The van der Waals surface area contributed by atoms with E-state index in [0.29, 0.717) is 5.39 Å². The topological polar surface area (TPSA) is 82.6 Å². The number of pyridine rings is 1. The molecule has 0 amide bonds. The van der Waals surface area contributed by atoms with E-state index < -0.39 is 32.9 Å². The fourth-order valence-electron chi connectivity index (χ4n) is 2.14. The number of carbonyl (C=O) groups is 1. The molecule has 3 rings (SSSR count). The van der Waals surface area contributed by atoms with Gasteiger partial charge in [0.05, 0.1) is 12.6 Å². The number of halogens is 3. The van der Waals surface area contributed by atoms with E-state index in [1.807, 2.05) is 0 Å². The van der Waals surface area contributed by atoms with Gasteiger partial charge in [0.1, 0.15) is 5.56 Å². The van der Waals surface area contributed by atoms with E-state index in [2.05, 4.69) is 13.9 Å². The molecule has 0 saturated carbocycles. The number of hydrogen-bond donors (Lipinski definition) is 0. The maximum atomic E-state index is 12.6. The molecular weight excluding hydrogens is 383 g/mol. The lowest BCUT2D eigenvalue weighted by atomic mass is 10.1. The fourth-order valence-corrected chi connectivity index (χ4v) is 3.51. The molecule has 11 heteroatoms. The molecule has 0 aliphatic rings. The zero-order chi connectivity index (χ0) is 18.4. The van der Waals surface area contributed by atoms with Crippen molar-refractivity contribution in [3.05, 3.63) is 35.3 Å². The molecule has 0 saturated heterocycles. The molecule has 1 aromatic carbocycles. The van der Waals surface area contributed by atoms with Gasteiger partial charge < -0.3 is 8.92 Å². The predicted octanol–water partition coefficient (Wildman–Crippen LogP) is 3.46. The van der Waals surface area contributed by atoms with Crippen LogP contribution >= 0.6 is 11.3 Å². The second-order valence-corrected chi connectivity index (χ2v) is 7.26. The van der Waals surface area contributed by atoms with Gasteiger partial charge >= 0.3 is 21.6 Å². The summed E-state index contributed by atoms with van der Waals surface area (Å²) in [6.07, 6.45) is 1.48. The van der Waals surface area contributed by atoms with E-state index >= 15 is 0 Å². The summed E-state index contributed by atoms with van der Waals surface area (Å²) in [6, 6.07) is 3.95. The number of carbonyl (C=O) groups excluding carboxylic acids is 1. The first-order valence-corrected chi connectivity index (χ1v) is 8.82. The standard InChI is InChI=1S/C14H8F3NO5S2/c1-22-13(19)9-4-8-10(18-6-7-2-3-24-12(7)8)5-11(9)23-25(20,21)14(15,16)17/h2-6H,1H3. The van der Waals surface area contributed by atoms with E-state index in [0.717, 1.165) is 23.3 Å². The van der Waals surface area contributed by atoms with Crippen LogP contribution in [0, 0.1) is 0 Å². The summed E-state index contributed by atoms with van der Waals surface area (Å²) in [5.41, 5.74) is -5.92. The number of aromatic nitrogens is 1. The highest BCUT2D eigenvalue weighted by Crippen LogP contribution is 2.35. The van der Waals surface area contributed by atoms with E-state index in [4.69, 9.17) is 0 Å². The Morgan fingerprint density at radius 3 is 2.64 bits per heavy atom. The average molecular weight is 391 g/mol. The third-order valence-electron chi connectivity index (χ3n) is 3.27. The zero-order valence-electron chi connectivity index (χ0n) is 12.3. The zero-order valence-corrected chi connectivity index (χ0v) is 14.0. The fraction of sp³-hybridized carbons (Fsp3) is 0.143. The van der Waals surface area contributed by atoms with Crippen molar-refractivity contribution < 1.29 is 35.3 Å². The monoisotopic (exact) mass is 391 g/mol. The second kappa shape index (κ2) is 5.85. The molecule has 0 spiro atoms. The van der Waals surface area contributed by atoms with E-state index in [1.54, 1.807) is 11.4 Å². The number of hydrogen-bond acceptors (Lipinski definition) is 7. The van der Waals surface area contributed by atoms with Crippen molar-refractivity contribution in [3.63, 3.8) is 0 Å². The van der Waals surface area contributed by atoms with Gasteiger partial charge in [-0.05, 0) is 17.5 Å². The first-order chi connectivity index (χ1) is 11.6. The number of rotatable bonds is 3. The number of benzene rings is 1. The van der Waals surface area contributed by atoms with Crippen molar-refractivity contribution in [2.75, 3.05) is 7.11 Å². The van der Waals surface area contributed by atoms with Crippen LogP contribution in [0.25, 0.3) is 21.0 Å². The van der Waals surface area contributed by atoms with Crippen LogP contribution < -0.4 is 4.18 Å². The molecule has 25 heavy (non-hydrogen) atoms. The number of thiophene rings is 1. The molecule has 6 nitrogen and oxygen atoms in total. The number of alkyl halides is 3. The number of fused-ring (bicyclic) bond motifs is 3. The SMILES string of the molecule is COC(=O)c1cc2c(cc1OS(=O)(=O)C(F)(F)F)ncc1ccsc12. The summed E-state index contributed by atoms with van der Waals surface area (Å²) in [5, 5.41) is 3.01. The van der Waals surface area contributed by atoms with Crippen LogP contribution in [0.1, 0.15) is 10.4 Å². The number of esters is 1. The third kappa shape index (κ3) is 3.00. The van der Waals surface area contributed by atoms with Gasteiger partial charge in [0.25, 0.3) is 0 Å². The Morgan fingerprint density at radius 2 is 2.00 bits per heavy atom.